The van der Waals surface area contributed by atoms with Gasteiger partial charge in [-0.05, 0) is 48.2 Å². The molecule has 0 aliphatic carbocycles. The zero-order valence-corrected chi connectivity index (χ0v) is 15.7. The second-order valence-electron chi connectivity index (χ2n) is 6.74. The van der Waals surface area contributed by atoms with E-state index in [0.29, 0.717) is 25.3 Å². The largest absolute Gasteiger partial charge is 0.494 e. The average molecular weight is 366 g/mol. The minimum atomic E-state index is -0.249. The highest BCUT2D eigenvalue weighted by Gasteiger charge is 2.20. The van der Waals surface area contributed by atoms with Crippen molar-refractivity contribution in [2.45, 2.75) is 32.7 Å². The molecule has 0 bridgehead atoms. The molecule has 0 aromatic heterocycles. The van der Waals surface area contributed by atoms with Crippen molar-refractivity contribution in [3.05, 3.63) is 65.2 Å². The first-order valence-corrected chi connectivity index (χ1v) is 9.53. The van der Waals surface area contributed by atoms with Gasteiger partial charge in [0.05, 0.1) is 13.2 Å². The van der Waals surface area contributed by atoms with Crippen LogP contribution in [0.1, 0.15) is 41.3 Å². The van der Waals surface area contributed by atoms with Crippen LogP contribution in [0.5, 0.6) is 5.75 Å². The van der Waals surface area contributed by atoms with E-state index in [4.69, 9.17) is 4.74 Å². The summed E-state index contributed by atoms with van der Waals surface area (Å²) in [5, 5.41) is 2.72. The summed E-state index contributed by atoms with van der Waals surface area (Å²) in [6.45, 7) is 4.09. The molecule has 0 atom stereocenters. The van der Waals surface area contributed by atoms with Crippen LogP contribution >= 0.6 is 0 Å². The molecule has 0 saturated heterocycles. The monoisotopic (exact) mass is 366 g/mol. The first-order chi connectivity index (χ1) is 13.2. The Morgan fingerprint density at radius 1 is 1.07 bits per heavy atom. The van der Waals surface area contributed by atoms with Crippen LogP contribution in [0.2, 0.25) is 0 Å². The Hall–Kier alpha value is -2.82. The van der Waals surface area contributed by atoms with Gasteiger partial charge in [-0.1, -0.05) is 37.6 Å². The number of rotatable bonds is 7. The lowest BCUT2D eigenvalue weighted by molar-refractivity contribution is -0.131. The molecule has 0 unspecified atom stereocenters. The summed E-state index contributed by atoms with van der Waals surface area (Å²) < 4.78 is 5.59. The van der Waals surface area contributed by atoms with Gasteiger partial charge < -0.3 is 15.0 Å². The number of ether oxygens (including phenoxy) is 1. The molecule has 2 aromatic carbocycles. The summed E-state index contributed by atoms with van der Waals surface area (Å²) in [4.78, 5) is 26.5. The Labute approximate surface area is 160 Å². The van der Waals surface area contributed by atoms with Gasteiger partial charge in [-0.25, -0.2) is 0 Å². The third-order valence-corrected chi connectivity index (χ3v) is 4.77. The van der Waals surface area contributed by atoms with Crippen molar-refractivity contribution in [1.82, 2.24) is 10.2 Å². The molecule has 2 aromatic rings. The van der Waals surface area contributed by atoms with Crippen LogP contribution in [0.3, 0.4) is 0 Å². The van der Waals surface area contributed by atoms with E-state index < -0.39 is 0 Å². The molecular weight excluding hydrogens is 340 g/mol. The molecule has 0 radical (unpaired) electrons. The minimum absolute atomic E-state index is 0.00967. The molecule has 5 nitrogen and oxygen atoms in total. The Bertz CT molecular complexity index is 786. The molecule has 3 rings (SSSR count). The van der Waals surface area contributed by atoms with Gasteiger partial charge in [-0.3, -0.25) is 9.59 Å². The average Bonchev–Trinajstić information content (AvgIpc) is 2.72. The third kappa shape index (κ3) is 5.09. The van der Waals surface area contributed by atoms with Crippen molar-refractivity contribution in [2.24, 2.45) is 0 Å². The summed E-state index contributed by atoms with van der Waals surface area (Å²) in [6.07, 6.45) is 2.94. The second-order valence-corrected chi connectivity index (χ2v) is 6.74. The molecule has 1 aliphatic rings. The SMILES string of the molecule is CCCCOc1ccc(C(=O)NCC(=O)N2CCc3ccccc3C2)cc1. The molecule has 5 heteroatoms. The lowest BCUT2D eigenvalue weighted by Crippen LogP contribution is -2.42. The van der Waals surface area contributed by atoms with Gasteiger partial charge in [0.2, 0.25) is 5.91 Å². The minimum Gasteiger partial charge on any atom is -0.494 e. The van der Waals surface area contributed by atoms with Crippen LogP contribution in [-0.2, 0) is 17.8 Å². The maximum absolute atomic E-state index is 12.4. The van der Waals surface area contributed by atoms with E-state index in [0.717, 1.165) is 25.0 Å². The number of unbranched alkanes of at least 4 members (excludes halogenated alkanes) is 1. The number of nitrogens with zero attached hydrogens (tertiary/aromatic N) is 1. The summed E-state index contributed by atoms with van der Waals surface area (Å²) in [6, 6.07) is 15.2. The van der Waals surface area contributed by atoms with Crippen LogP contribution in [0.25, 0.3) is 0 Å². The number of hydrogen-bond donors (Lipinski definition) is 1. The summed E-state index contributed by atoms with van der Waals surface area (Å²) in [5.74, 6) is 0.446. The highest BCUT2D eigenvalue weighted by molar-refractivity contribution is 5.96. The summed E-state index contributed by atoms with van der Waals surface area (Å²) >= 11 is 0. The van der Waals surface area contributed by atoms with Gasteiger partial charge in [-0.15, -0.1) is 0 Å². The van der Waals surface area contributed by atoms with Gasteiger partial charge in [0.15, 0.2) is 0 Å². The van der Waals surface area contributed by atoms with Crippen molar-refractivity contribution in [1.29, 1.82) is 0 Å². The number of carbonyl (C=O) groups excluding carboxylic acids is 2. The molecule has 0 spiro atoms. The zero-order chi connectivity index (χ0) is 19.1. The van der Waals surface area contributed by atoms with Crippen LogP contribution < -0.4 is 10.1 Å². The quantitative estimate of drug-likeness (QED) is 0.766. The maximum atomic E-state index is 12.4. The Morgan fingerprint density at radius 2 is 1.81 bits per heavy atom. The molecule has 1 aliphatic heterocycles. The van der Waals surface area contributed by atoms with Gasteiger partial charge in [-0.2, -0.15) is 0 Å². The Kier molecular flexibility index (Phi) is 6.47. The normalized spacial score (nSPS) is 13.0. The Morgan fingerprint density at radius 3 is 2.56 bits per heavy atom. The topological polar surface area (TPSA) is 58.6 Å². The predicted octanol–water partition coefficient (Wildman–Crippen LogP) is 3.18. The van der Waals surface area contributed by atoms with E-state index in [1.807, 2.05) is 12.1 Å². The molecule has 142 valence electrons. The summed E-state index contributed by atoms with van der Waals surface area (Å²) in [5.41, 5.74) is 3.00. The smallest absolute Gasteiger partial charge is 0.251 e. The molecule has 1 heterocycles. The fourth-order valence-corrected chi connectivity index (χ4v) is 3.12. The lowest BCUT2D eigenvalue weighted by atomic mass is 10.00. The number of carbonyl (C=O) groups is 2. The van der Waals surface area contributed by atoms with Crippen molar-refractivity contribution in [3.8, 4) is 5.75 Å². The molecule has 2 amide bonds. The van der Waals surface area contributed by atoms with Crippen LogP contribution in [0.15, 0.2) is 48.5 Å². The van der Waals surface area contributed by atoms with Gasteiger partial charge >= 0.3 is 0 Å². The van der Waals surface area contributed by atoms with Crippen molar-refractivity contribution in [3.63, 3.8) is 0 Å². The molecule has 0 saturated carbocycles. The number of amides is 2. The molecule has 27 heavy (non-hydrogen) atoms. The molecule has 1 N–H and O–H groups in total. The first kappa shape index (κ1) is 19.0. The van der Waals surface area contributed by atoms with Crippen LogP contribution in [0, 0.1) is 0 Å². The van der Waals surface area contributed by atoms with E-state index in [2.05, 4.69) is 24.4 Å². The third-order valence-electron chi connectivity index (χ3n) is 4.77. The maximum Gasteiger partial charge on any atom is 0.251 e. The van der Waals surface area contributed by atoms with E-state index in [1.165, 1.54) is 11.1 Å². The fraction of sp³-hybridized carbons (Fsp3) is 0.364. The van der Waals surface area contributed by atoms with Gasteiger partial charge in [0, 0.05) is 18.7 Å². The number of hydrogen-bond acceptors (Lipinski definition) is 3. The lowest BCUT2D eigenvalue weighted by Gasteiger charge is -2.29. The van der Waals surface area contributed by atoms with E-state index in [1.54, 1.807) is 29.2 Å². The number of fused-ring (bicyclic) bond motifs is 1. The number of nitrogens with one attached hydrogen (secondary N) is 1. The predicted molar refractivity (Wildman–Crippen MR) is 105 cm³/mol. The molecule has 0 fully saturated rings. The highest BCUT2D eigenvalue weighted by atomic mass is 16.5. The summed E-state index contributed by atoms with van der Waals surface area (Å²) in [7, 11) is 0. The first-order valence-electron chi connectivity index (χ1n) is 9.53. The molecular formula is C22H26N2O3. The van der Waals surface area contributed by atoms with Crippen LogP contribution in [0.4, 0.5) is 0 Å². The highest BCUT2D eigenvalue weighted by Crippen LogP contribution is 2.18. The zero-order valence-electron chi connectivity index (χ0n) is 15.7. The van der Waals surface area contributed by atoms with Crippen LogP contribution in [-0.4, -0.2) is 36.4 Å². The van der Waals surface area contributed by atoms with Crippen molar-refractivity contribution >= 4 is 11.8 Å². The van der Waals surface area contributed by atoms with E-state index >= 15 is 0 Å². The van der Waals surface area contributed by atoms with Gasteiger partial charge in [0.25, 0.3) is 5.91 Å². The van der Waals surface area contributed by atoms with E-state index in [9.17, 15) is 9.59 Å². The standard InChI is InChI=1S/C22H26N2O3/c1-2-3-14-27-20-10-8-18(9-11-20)22(26)23-15-21(25)24-13-12-17-6-4-5-7-19(17)16-24/h4-11H,2-3,12-16H2,1H3,(H,23,26). The van der Waals surface area contributed by atoms with Gasteiger partial charge in [0.1, 0.15) is 5.75 Å². The fourth-order valence-electron chi connectivity index (χ4n) is 3.12. The van der Waals surface area contributed by atoms with Crippen molar-refractivity contribution in [2.75, 3.05) is 19.7 Å². The number of benzene rings is 2. The van der Waals surface area contributed by atoms with Crippen molar-refractivity contribution < 1.29 is 14.3 Å². The van der Waals surface area contributed by atoms with E-state index in [-0.39, 0.29) is 18.4 Å². The Balaban J connectivity index is 1.48. The second kappa shape index (κ2) is 9.21.